The van der Waals surface area contributed by atoms with Gasteiger partial charge in [-0.15, -0.1) is 0 Å². The summed E-state index contributed by atoms with van der Waals surface area (Å²) >= 11 is 0. The van der Waals surface area contributed by atoms with Crippen LogP contribution >= 0.6 is 0 Å². The fraction of sp³-hybridized carbons (Fsp3) is 0.450. The largest absolute Gasteiger partial charge is 0.481 e. The zero-order valence-electron chi connectivity index (χ0n) is 16.1. The number of pyridine rings is 2. The molecule has 0 aromatic carbocycles. The molecule has 2 aromatic rings. The minimum atomic E-state index is -0.541. The second kappa shape index (κ2) is 7.73. The summed E-state index contributed by atoms with van der Waals surface area (Å²) in [6.07, 6.45) is 3.34. The summed E-state index contributed by atoms with van der Waals surface area (Å²) in [7, 11) is 3.14. The van der Waals surface area contributed by atoms with E-state index in [1.54, 1.807) is 38.7 Å². The van der Waals surface area contributed by atoms with Crippen LogP contribution < -0.4 is 9.47 Å². The molecule has 4 rings (SSSR count). The van der Waals surface area contributed by atoms with Crippen LogP contribution in [0.2, 0.25) is 0 Å². The molecule has 0 N–H and O–H groups in total. The first kappa shape index (κ1) is 18.6. The Morgan fingerprint density at radius 3 is 2.25 bits per heavy atom. The van der Waals surface area contributed by atoms with E-state index < -0.39 is 18.4 Å². The highest BCUT2D eigenvalue weighted by atomic mass is 16.6. The van der Waals surface area contributed by atoms with Gasteiger partial charge >= 0.3 is 5.97 Å². The number of hydrogen-bond donors (Lipinski definition) is 0. The molecule has 0 radical (unpaired) electrons. The van der Waals surface area contributed by atoms with Gasteiger partial charge in [0, 0.05) is 41.7 Å². The van der Waals surface area contributed by atoms with Crippen molar-refractivity contribution in [2.45, 2.75) is 37.8 Å². The Hall–Kier alpha value is -2.71. The van der Waals surface area contributed by atoms with Crippen molar-refractivity contribution < 1.29 is 23.7 Å². The molecule has 4 heterocycles. The number of ether oxygens (including phenoxy) is 4. The van der Waals surface area contributed by atoms with Crippen molar-refractivity contribution in [1.82, 2.24) is 14.9 Å². The molecule has 8 heteroatoms. The Labute approximate surface area is 163 Å². The summed E-state index contributed by atoms with van der Waals surface area (Å²) in [5.41, 5.74) is 1.66. The van der Waals surface area contributed by atoms with Crippen LogP contribution in [0.3, 0.4) is 0 Å². The van der Waals surface area contributed by atoms with Crippen LogP contribution in [0.25, 0.3) is 0 Å². The summed E-state index contributed by atoms with van der Waals surface area (Å²) < 4.78 is 22.1. The number of fused-ring (bicyclic) bond motifs is 1. The Kier molecular flexibility index (Phi) is 5.15. The fourth-order valence-electron chi connectivity index (χ4n) is 3.78. The van der Waals surface area contributed by atoms with E-state index in [-0.39, 0.29) is 12.0 Å². The molecule has 8 nitrogen and oxygen atoms in total. The molecule has 2 fully saturated rings. The zero-order chi connectivity index (χ0) is 19.7. The third kappa shape index (κ3) is 3.18. The summed E-state index contributed by atoms with van der Waals surface area (Å²) in [6, 6.07) is 6.85. The van der Waals surface area contributed by atoms with Gasteiger partial charge in [-0.1, -0.05) is 6.92 Å². The van der Waals surface area contributed by atoms with Crippen LogP contribution in [0.4, 0.5) is 0 Å². The van der Waals surface area contributed by atoms with Gasteiger partial charge in [0.05, 0.1) is 14.2 Å². The van der Waals surface area contributed by atoms with E-state index in [0.717, 1.165) is 17.5 Å². The van der Waals surface area contributed by atoms with Crippen molar-refractivity contribution >= 4 is 5.97 Å². The molecular formula is C20H23N3O5. The summed E-state index contributed by atoms with van der Waals surface area (Å²) in [4.78, 5) is 23.4. The number of esters is 1. The summed E-state index contributed by atoms with van der Waals surface area (Å²) in [5.74, 6) is 0.751. The maximum atomic E-state index is 12.7. The van der Waals surface area contributed by atoms with Crippen LogP contribution in [-0.4, -0.2) is 53.7 Å². The van der Waals surface area contributed by atoms with Crippen LogP contribution in [0.1, 0.15) is 36.8 Å². The molecule has 2 aromatic heterocycles. The highest BCUT2D eigenvalue weighted by Gasteiger charge is 2.53. The minimum absolute atomic E-state index is 0.0611. The van der Waals surface area contributed by atoms with Crippen molar-refractivity contribution in [1.29, 1.82) is 0 Å². The predicted molar refractivity (Wildman–Crippen MR) is 98.8 cm³/mol. The number of morpholine rings is 1. The van der Waals surface area contributed by atoms with E-state index in [2.05, 4.69) is 21.8 Å². The smallest absolute Gasteiger partial charge is 0.326 e. The molecule has 0 bridgehead atoms. The molecule has 2 aliphatic heterocycles. The van der Waals surface area contributed by atoms with Gasteiger partial charge in [0.1, 0.15) is 25.0 Å². The van der Waals surface area contributed by atoms with Gasteiger partial charge < -0.3 is 18.9 Å². The lowest BCUT2D eigenvalue weighted by atomic mass is 9.99. The summed E-state index contributed by atoms with van der Waals surface area (Å²) in [5, 5.41) is 0. The standard InChI is InChI=1S/C20H23N3O5/c1-4-14-11-27-20(24)17-18(12-5-7-15(25-2)21-9-12)28-19(23(14)17)13-6-8-16(26-3)22-10-13/h5-10,14,17-19H,4,11H2,1-3H3/t14-,17?,18+,19-/m0/s1. The number of carbonyl (C=O) groups excluding carboxylic acids is 1. The zero-order valence-corrected chi connectivity index (χ0v) is 16.1. The first-order chi connectivity index (χ1) is 13.7. The van der Waals surface area contributed by atoms with E-state index >= 15 is 0 Å². The van der Waals surface area contributed by atoms with E-state index in [1.165, 1.54) is 0 Å². The Morgan fingerprint density at radius 2 is 1.71 bits per heavy atom. The average molecular weight is 385 g/mol. The number of rotatable bonds is 5. The normalized spacial score (nSPS) is 27.2. The Bertz CT molecular complexity index is 827. The van der Waals surface area contributed by atoms with Crippen LogP contribution in [0.15, 0.2) is 36.7 Å². The lowest BCUT2D eigenvalue weighted by Crippen LogP contribution is -2.53. The summed E-state index contributed by atoms with van der Waals surface area (Å²) in [6.45, 7) is 2.43. The van der Waals surface area contributed by atoms with Crippen LogP contribution in [-0.2, 0) is 14.3 Å². The monoisotopic (exact) mass is 385 g/mol. The fourth-order valence-corrected chi connectivity index (χ4v) is 3.78. The van der Waals surface area contributed by atoms with Crippen LogP contribution in [0.5, 0.6) is 11.8 Å². The van der Waals surface area contributed by atoms with Gasteiger partial charge in [0.25, 0.3) is 0 Å². The van der Waals surface area contributed by atoms with Gasteiger partial charge in [-0.25, -0.2) is 9.97 Å². The topological polar surface area (TPSA) is 83.0 Å². The van der Waals surface area contributed by atoms with Crippen molar-refractivity contribution in [3.05, 3.63) is 47.8 Å². The minimum Gasteiger partial charge on any atom is -0.481 e. The van der Waals surface area contributed by atoms with E-state index in [0.29, 0.717) is 18.4 Å². The maximum absolute atomic E-state index is 12.7. The third-order valence-corrected chi connectivity index (χ3v) is 5.26. The number of carbonyl (C=O) groups is 1. The first-order valence-corrected chi connectivity index (χ1v) is 9.25. The molecule has 148 valence electrons. The number of hydrogen-bond acceptors (Lipinski definition) is 8. The average Bonchev–Trinajstić information content (AvgIpc) is 3.16. The second-order valence-electron chi connectivity index (χ2n) is 6.76. The lowest BCUT2D eigenvalue weighted by molar-refractivity contribution is -0.162. The van der Waals surface area contributed by atoms with Crippen molar-refractivity contribution in [2.75, 3.05) is 20.8 Å². The van der Waals surface area contributed by atoms with E-state index in [1.807, 2.05) is 12.1 Å². The Balaban J connectivity index is 1.72. The van der Waals surface area contributed by atoms with Crippen molar-refractivity contribution in [3.8, 4) is 11.8 Å². The van der Waals surface area contributed by atoms with Gasteiger partial charge in [-0.2, -0.15) is 0 Å². The number of methoxy groups -OCH3 is 2. The molecule has 0 aliphatic carbocycles. The van der Waals surface area contributed by atoms with E-state index in [4.69, 9.17) is 18.9 Å². The third-order valence-electron chi connectivity index (χ3n) is 5.26. The maximum Gasteiger partial charge on any atom is 0.326 e. The molecule has 2 saturated heterocycles. The molecule has 4 atom stereocenters. The highest BCUT2D eigenvalue weighted by molar-refractivity contribution is 5.78. The SMILES string of the molecule is CC[C@H]1COC(=O)C2[C@@H](c3ccc(OC)nc3)O[C@@H](c3ccc(OC)nc3)N21. The quantitative estimate of drug-likeness (QED) is 0.725. The first-order valence-electron chi connectivity index (χ1n) is 9.25. The van der Waals surface area contributed by atoms with Crippen molar-refractivity contribution in [3.63, 3.8) is 0 Å². The molecule has 0 amide bonds. The van der Waals surface area contributed by atoms with Gasteiger partial charge in [0.2, 0.25) is 11.8 Å². The highest BCUT2D eigenvalue weighted by Crippen LogP contribution is 2.46. The van der Waals surface area contributed by atoms with Gasteiger partial charge in [-0.3, -0.25) is 9.69 Å². The lowest BCUT2D eigenvalue weighted by Gasteiger charge is -2.38. The van der Waals surface area contributed by atoms with Gasteiger partial charge in [-0.05, 0) is 18.6 Å². The number of aromatic nitrogens is 2. The van der Waals surface area contributed by atoms with Crippen LogP contribution in [0, 0.1) is 0 Å². The van der Waals surface area contributed by atoms with E-state index in [9.17, 15) is 4.79 Å². The molecule has 28 heavy (non-hydrogen) atoms. The number of cyclic esters (lactones) is 1. The molecule has 0 saturated carbocycles. The molecule has 2 aliphatic rings. The van der Waals surface area contributed by atoms with Crippen molar-refractivity contribution in [2.24, 2.45) is 0 Å². The molecule has 1 unspecified atom stereocenters. The second-order valence-corrected chi connectivity index (χ2v) is 6.76. The Morgan fingerprint density at radius 1 is 1.07 bits per heavy atom. The molecule has 0 spiro atoms. The number of nitrogens with zero attached hydrogens (tertiary/aromatic N) is 3. The molecular weight excluding hydrogens is 362 g/mol. The predicted octanol–water partition coefficient (Wildman–Crippen LogP) is 2.27. The van der Waals surface area contributed by atoms with Gasteiger partial charge in [0.15, 0.2) is 0 Å².